The Morgan fingerprint density at radius 2 is 2.10 bits per heavy atom. The molecule has 2 aliphatic rings. The van der Waals surface area contributed by atoms with Crippen molar-refractivity contribution in [3.05, 3.63) is 5.82 Å². The Bertz CT molecular complexity index is 480. The molecule has 2 saturated carbocycles. The molecular formula is C14H24N4OS. The third-order valence-corrected chi connectivity index (χ3v) is 5.08. The van der Waals surface area contributed by atoms with E-state index in [4.69, 9.17) is 5.73 Å². The monoisotopic (exact) mass is 296 g/mol. The van der Waals surface area contributed by atoms with Gasteiger partial charge in [-0.05, 0) is 39.0 Å². The average molecular weight is 296 g/mol. The second-order valence-electron chi connectivity index (χ2n) is 6.55. The van der Waals surface area contributed by atoms with E-state index in [1.165, 1.54) is 31.5 Å². The lowest BCUT2D eigenvalue weighted by Crippen LogP contribution is -2.36. The predicted octanol–water partition coefficient (Wildman–Crippen LogP) is 2.07. The van der Waals surface area contributed by atoms with Gasteiger partial charge in [0.25, 0.3) is 0 Å². The van der Waals surface area contributed by atoms with Crippen LogP contribution in [0.15, 0.2) is 5.16 Å². The second-order valence-corrected chi connectivity index (χ2v) is 7.96. The fourth-order valence-corrected chi connectivity index (χ4v) is 3.84. The highest BCUT2D eigenvalue weighted by molar-refractivity contribution is 7.99. The molecule has 0 radical (unpaired) electrons. The van der Waals surface area contributed by atoms with Gasteiger partial charge < -0.3 is 15.4 Å². The minimum atomic E-state index is -0.795. The van der Waals surface area contributed by atoms with Crippen LogP contribution in [0.4, 0.5) is 0 Å². The molecule has 0 aromatic carbocycles. The molecule has 20 heavy (non-hydrogen) atoms. The van der Waals surface area contributed by atoms with Crippen molar-refractivity contribution in [1.29, 1.82) is 0 Å². The largest absolute Gasteiger partial charge is 0.389 e. The molecule has 2 aliphatic carbocycles. The highest BCUT2D eigenvalue weighted by Crippen LogP contribution is 2.46. The van der Waals surface area contributed by atoms with Gasteiger partial charge in [-0.15, -0.1) is 10.2 Å². The average Bonchev–Trinajstić information content (AvgIpc) is 3.28. The number of nitrogens with zero attached hydrogens (tertiary/aromatic N) is 3. The molecule has 0 bridgehead atoms. The summed E-state index contributed by atoms with van der Waals surface area (Å²) in [5.41, 5.74) is 4.80. The first kappa shape index (κ1) is 14.4. The standard InChI is InChI=1S/C14H24N4OS/c1-9(7-14(2,19)8-15)20-13-17-16-12(10-3-4-10)18(13)11-5-6-11/h9-11,19H,3-8,15H2,1-2H3. The van der Waals surface area contributed by atoms with Gasteiger partial charge in [0.2, 0.25) is 0 Å². The molecule has 0 amide bonds. The first-order chi connectivity index (χ1) is 9.50. The van der Waals surface area contributed by atoms with E-state index in [1.807, 2.05) is 0 Å². The van der Waals surface area contributed by atoms with Crippen LogP contribution in [0.5, 0.6) is 0 Å². The normalized spacial score (nSPS) is 23.6. The minimum Gasteiger partial charge on any atom is -0.389 e. The molecule has 1 aromatic heterocycles. The highest BCUT2D eigenvalue weighted by Gasteiger charge is 2.37. The van der Waals surface area contributed by atoms with Crippen LogP contribution in [-0.4, -0.2) is 37.3 Å². The molecule has 0 aliphatic heterocycles. The first-order valence-corrected chi connectivity index (χ1v) is 8.42. The van der Waals surface area contributed by atoms with Crippen molar-refractivity contribution in [1.82, 2.24) is 14.8 Å². The summed E-state index contributed by atoms with van der Waals surface area (Å²) >= 11 is 1.72. The van der Waals surface area contributed by atoms with Gasteiger partial charge in [-0.1, -0.05) is 18.7 Å². The Labute approximate surface area is 124 Å². The topological polar surface area (TPSA) is 77.0 Å². The van der Waals surface area contributed by atoms with Crippen LogP contribution in [0.3, 0.4) is 0 Å². The van der Waals surface area contributed by atoms with Crippen molar-refractivity contribution < 1.29 is 5.11 Å². The molecule has 5 nitrogen and oxygen atoms in total. The van der Waals surface area contributed by atoms with Crippen LogP contribution in [0.25, 0.3) is 0 Å². The number of rotatable bonds is 7. The van der Waals surface area contributed by atoms with E-state index < -0.39 is 5.60 Å². The van der Waals surface area contributed by atoms with Gasteiger partial charge >= 0.3 is 0 Å². The smallest absolute Gasteiger partial charge is 0.191 e. The Morgan fingerprint density at radius 1 is 1.40 bits per heavy atom. The maximum Gasteiger partial charge on any atom is 0.191 e. The Kier molecular flexibility index (Phi) is 3.81. The van der Waals surface area contributed by atoms with E-state index in [9.17, 15) is 5.11 Å². The third-order valence-electron chi connectivity index (χ3n) is 4.02. The number of hydrogen-bond donors (Lipinski definition) is 2. The highest BCUT2D eigenvalue weighted by atomic mass is 32.2. The molecule has 3 N–H and O–H groups in total. The number of aromatic nitrogens is 3. The van der Waals surface area contributed by atoms with Crippen molar-refractivity contribution in [2.75, 3.05) is 6.54 Å². The summed E-state index contributed by atoms with van der Waals surface area (Å²) < 4.78 is 2.36. The summed E-state index contributed by atoms with van der Waals surface area (Å²) in [7, 11) is 0. The Balaban J connectivity index is 1.70. The van der Waals surface area contributed by atoms with Gasteiger partial charge in [0.15, 0.2) is 5.16 Å². The zero-order valence-electron chi connectivity index (χ0n) is 12.2. The van der Waals surface area contributed by atoms with E-state index in [1.54, 1.807) is 18.7 Å². The summed E-state index contributed by atoms with van der Waals surface area (Å²) in [4.78, 5) is 0. The van der Waals surface area contributed by atoms with Gasteiger partial charge in [0.05, 0.1) is 5.60 Å². The zero-order chi connectivity index (χ0) is 14.3. The number of hydrogen-bond acceptors (Lipinski definition) is 5. The lowest BCUT2D eigenvalue weighted by atomic mass is 10.0. The summed E-state index contributed by atoms with van der Waals surface area (Å²) in [6, 6.07) is 0.616. The van der Waals surface area contributed by atoms with Crippen molar-refractivity contribution >= 4 is 11.8 Å². The lowest BCUT2D eigenvalue weighted by Gasteiger charge is -2.24. The van der Waals surface area contributed by atoms with Gasteiger partial charge in [-0.25, -0.2) is 0 Å². The number of thioether (sulfide) groups is 1. The van der Waals surface area contributed by atoms with E-state index in [0.29, 0.717) is 24.9 Å². The predicted molar refractivity (Wildman–Crippen MR) is 79.9 cm³/mol. The van der Waals surface area contributed by atoms with E-state index in [2.05, 4.69) is 21.7 Å². The minimum absolute atomic E-state index is 0.280. The van der Waals surface area contributed by atoms with Crippen molar-refractivity contribution in [2.45, 2.75) is 73.9 Å². The van der Waals surface area contributed by atoms with Crippen molar-refractivity contribution in [3.63, 3.8) is 0 Å². The second kappa shape index (κ2) is 5.31. The molecule has 2 atom stereocenters. The van der Waals surface area contributed by atoms with Crippen molar-refractivity contribution in [2.24, 2.45) is 5.73 Å². The molecule has 2 unspecified atom stereocenters. The molecule has 0 saturated heterocycles. The summed E-state index contributed by atoms with van der Waals surface area (Å²) in [6.07, 6.45) is 5.69. The maximum atomic E-state index is 10.1. The van der Waals surface area contributed by atoms with Gasteiger partial charge in [-0.3, -0.25) is 0 Å². The maximum absolute atomic E-state index is 10.1. The number of nitrogens with two attached hydrogens (primary N) is 1. The zero-order valence-corrected chi connectivity index (χ0v) is 13.1. The quantitative estimate of drug-likeness (QED) is 0.753. The molecule has 1 aromatic rings. The van der Waals surface area contributed by atoms with Crippen LogP contribution in [0.2, 0.25) is 0 Å². The molecule has 6 heteroatoms. The van der Waals surface area contributed by atoms with Crippen LogP contribution >= 0.6 is 11.8 Å². The SMILES string of the molecule is CC(CC(C)(O)CN)Sc1nnc(C2CC2)n1C1CC1. The molecule has 1 heterocycles. The van der Waals surface area contributed by atoms with E-state index in [-0.39, 0.29) is 5.25 Å². The molecule has 112 valence electrons. The summed E-state index contributed by atoms with van der Waals surface area (Å²) in [5, 5.41) is 20.2. The third kappa shape index (κ3) is 3.18. The number of aliphatic hydroxyl groups is 1. The lowest BCUT2D eigenvalue weighted by molar-refractivity contribution is 0.0608. The first-order valence-electron chi connectivity index (χ1n) is 7.54. The van der Waals surface area contributed by atoms with Gasteiger partial charge in [0, 0.05) is 23.8 Å². The fraction of sp³-hybridized carbons (Fsp3) is 0.857. The molecule has 2 fully saturated rings. The molecule has 0 spiro atoms. The summed E-state index contributed by atoms with van der Waals surface area (Å²) in [5.74, 6) is 1.83. The van der Waals surface area contributed by atoms with Crippen molar-refractivity contribution in [3.8, 4) is 0 Å². The fourth-order valence-electron chi connectivity index (χ4n) is 2.59. The van der Waals surface area contributed by atoms with Gasteiger partial charge in [-0.2, -0.15) is 0 Å². The summed E-state index contributed by atoms with van der Waals surface area (Å²) in [6.45, 7) is 4.21. The van der Waals surface area contributed by atoms with Crippen LogP contribution in [-0.2, 0) is 0 Å². The van der Waals surface area contributed by atoms with Crippen LogP contribution in [0, 0.1) is 0 Å². The van der Waals surface area contributed by atoms with E-state index >= 15 is 0 Å². The van der Waals surface area contributed by atoms with Gasteiger partial charge in [0.1, 0.15) is 5.82 Å². The van der Waals surface area contributed by atoms with E-state index in [0.717, 1.165) is 5.16 Å². The molecular weight excluding hydrogens is 272 g/mol. The molecule has 3 rings (SSSR count). The van der Waals surface area contributed by atoms with Crippen LogP contribution in [0.1, 0.15) is 63.7 Å². The Morgan fingerprint density at radius 3 is 2.65 bits per heavy atom. The van der Waals surface area contributed by atoms with Crippen LogP contribution < -0.4 is 5.73 Å². The Hall–Kier alpha value is -0.590.